The van der Waals surface area contributed by atoms with Gasteiger partial charge < -0.3 is 5.84 Å². The number of nitrogens with two attached hydrogens (primary N) is 1. The first-order valence-electron chi connectivity index (χ1n) is 3.21. The second-order valence-corrected chi connectivity index (χ2v) is 2.13. The van der Waals surface area contributed by atoms with Crippen LogP contribution in [0.15, 0.2) is 23.3 Å². The van der Waals surface area contributed by atoms with Gasteiger partial charge in [0, 0.05) is 0 Å². The van der Waals surface area contributed by atoms with Gasteiger partial charge in [-0.15, -0.1) is 0 Å². The molecule has 0 aromatic heterocycles. The Hall–Kier alpha value is -1.89. The van der Waals surface area contributed by atoms with Crippen LogP contribution in [-0.4, -0.2) is 6.21 Å². The predicted molar refractivity (Wildman–Crippen MR) is 42.9 cm³/mol. The first-order valence-corrected chi connectivity index (χ1v) is 3.21. The Morgan fingerprint density at radius 1 is 1.58 bits per heavy atom. The number of nitrogens with zero attached hydrogens (tertiary/aromatic N) is 2. The lowest BCUT2D eigenvalue weighted by atomic mass is 10.1. The highest BCUT2D eigenvalue weighted by Crippen LogP contribution is 2.07. The van der Waals surface area contributed by atoms with E-state index in [9.17, 15) is 4.39 Å². The molecule has 12 heavy (non-hydrogen) atoms. The van der Waals surface area contributed by atoms with Crippen LogP contribution >= 0.6 is 0 Å². The van der Waals surface area contributed by atoms with Crippen LogP contribution < -0.4 is 5.84 Å². The molecule has 1 aromatic rings. The SMILES string of the molecule is N#Cc1cc(/C=N/N)ccc1F. The molecule has 1 aromatic carbocycles. The van der Waals surface area contributed by atoms with E-state index in [0.717, 1.165) is 0 Å². The number of halogens is 1. The molecule has 0 spiro atoms. The quantitative estimate of drug-likeness (QED) is 0.381. The fourth-order valence-corrected chi connectivity index (χ4v) is 0.795. The van der Waals surface area contributed by atoms with E-state index in [1.54, 1.807) is 6.07 Å². The van der Waals surface area contributed by atoms with Crippen molar-refractivity contribution in [1.82, 2.24) is 0 Å². The molecule has 0 radical (unpaired) electrons. The van der Waals surface area contributed by atoms with E-state index >= 15 is 0 Å². The van der Waals surface area contributed by atoms with Crippen molar-refractivity contribution in [1.29, 1.82) is 5.26 Å². The highest BCUT2D eigenvalue weighted by atomic mass is 19.1. The highest BCUT2D eigenvalue weighted by molar-refractivity contribution is 5.79. The minimum atomic E-state index is -0.535. The fraction of sp³-hybridized carbons (Fsp3) is 0. The molecule has 0 saturated heterocycles. The fourth-order valence-electron chi connectivity index (χ4n) is 0.795. The summed E-state index contributed by atoms with van der Waals surface area (Å²) in [5.74, 6) is 4.35. The van der Waals surface area contributed by atoms with Gasteiger partial charge in [-0.3, -0.25) is 0 Å². The van der Waals surface area contributed by atoms with Gasteiger partial charge >= 0.3 is 0 Å². The third kappa shape index (κ3) is 1.58. The van der Waals surface area contributed by atoms with Crippen LogP contribution in [-0.2, 0) is 0 Å². The van der Waals surface area contributed by atoms with Gasteiger partial charge in [0.05, 0.1) is 11.8 Å². The Morgan fingerprint density at radius 3 is 2.92 bits per heavy atom. The third-order valence-electron chi connectivity index (χ3n) is 1.33. The molecule has 60 valence electrons. The Bertz CT molecular complexity index is 352. The largest absolute Gasteiger partial charge is 0.323 e. The molecule has 0 saturated carbocycles. The maximum atomic E-state index is 12.7. The second-order valence-electron chi connectivity index (χ2n) is 2.13. The standard InChI is InChI=1S/C8H6FN3/c9-8-2-1-6(5-12-11)3-7(8)4-10/h1-3,5H,11H2/b12-5+. The van der Waals surface area contributed by atoms with E-state index in [4.69, 9.17) is 11.1 Å². The van der Waals surface area contributed by atoms with Gasteiger partial charge in [0.15, 0.2) is 0 Å². The van der Waals surface area contributed by atoms with Crippen LogP contribution in [0, 0.1) is 17.1 Å². The third-order valence-corrected chi connectivity index (χ3v) is 1.33. The average molecular weight is 163 g/mol. The number of hydrogen-bond donors (Lipinski definition) is 1. The lowest BCUT2D eigenvalue weighted by Crippen LogP contribution is -1.90. The van der Waals surface area contributed by atoms with E-state index in [1.807, 2.05) is 0 Å². The Morgan fingerprint density at radius 2 is 2.33 bits per heavy atom. The van der Waals surface area contributed by atoms with E-state index < -0.39 is 5.82 Å². The number of rotatable bonds is 1. The maximum Gasteiger partial charge on any atom is 0.140 e. The normalized spacial score (nSPS) is 10.0. The topological polar surface area (TPSA) is 62.2 Å². The molecular weight excluding hydrogens is 157 g/mol. The summed E-state index contributed by atoms with van der Waals surface area (Å²) in [5, 5.41) is 11.7. The summed E-state index contributed by atoms with van der Waals surface area (Å²) in [6, 6.07) is 5.79. The second kappa shape index (κ2) is 3.49. The van der Waals surface area contributed by atoms with E-state index in [0.29, 0.717) is 5.56 Å². The van der Waals surface area contributed by atoms with Crippen LogP contribution in [0.3, 0.4) is 0 Å². The Labute approximate surface area is 68.9 Å². The average Bonchev–Trinajstić information content (AvgIpc) is 2.09. The first kappa shape index (κ1) is 8.21. The zero-order chi connectivity index (χ0) is 8.97. The molecule has 0 fully saturated rings. The Kier molecular flexibility index (Phi) is 2.38. The minimum Gasteiger partial charge on any atom is -0.323 e. The molecule has 0 unspecified atom stereocenters. The van der Waals surface area contributed by atoms with Crippen LogP contribution in [0.4, 0.5) is 4.39 Å². The van der Waals surface area contributed by atoms with Gasteiger partial charge in [-0.05, 0) is 17.7 Å². The van der Waals surface area contributed by atoms with Crippen molar-refractivity contribution in [3.05, 3.63) is 35.1 Å². The van der Waals surface area contributed by atoms with Gasteiger partial charge in [-0.1, -0.05) is 6.07 Å². The van der Waals surface area contributed by atoms with Crippen molar-refractivity contribution in [3.8, 4) is 6.07 Å². The van der Waals surface area contributed by atoms with Crippen LogP contribution in [0.5, 0.6) is 0 Å². The van der Waals surface area contributed by atoms with E-state index in [2.05, 4.69) is 5.10 Å². The monoisotopic (exact) mass is 163 g/mol. The summed E-state index contributed by atoms with van der Waals surface area (Å²) in [5.41, 5.74) is 0.600. The summed E-state index contributed by atoms with van der Waals surface area (Å²) in [4.78, 5) is 0. The minimum absolute atomic E-state index is 0.00704. The highest BCUT2D eigenvalue weighted by Gasteiger charge is 2.00. The van der Waals surface area contributed by atoms with Gasteiger partial charge in [0.25, 0.3) is 0 Å². The van der Waals surface area contributed by atoms with Crippen molar-refractivity contribution in [2.75, 3.05) is 0 Å². The van der Waals surface area contributed by atoms with Crippen molar-refractivity contribution in [2.24, 2.45) is 10.9 Å². The zero-order valence-corrected chi connectivity index (χ0v) is 6.16. The summed E-state index contributed by atoms with van der Waals surface area (Å²) in [6.45, 7) is 0. The number of hydrogen-bond acceptors (Lipinski definition) is 3. The number of nitriles is 1. The molecule has 0 atom stereocenters. The summed E-state index contributed by atoms with van der Waals surface area (Å²) < 4.78 is 12.7. The molecule has 4 heteroatoms. The molecule has 0 aliphatic heterocycles. The van der Waals surface area contributed by atoms with Crippen molar-refractivity contribution < 1.29 is 4.39 Å². The van der Waals surface area contributed by atoms with Crippen LogP contribution in [0.1, 0.15) is 11.1 Å². The lowest BCUT2D eigenvalue weighted by molar-refractivity contribution is 0.624. The molecule has 2 N–H and O–H groups in total. The lowest BCUT2D eigenvalue weighted by Gasteiger charge is -1.94. The summed E-state index contributed by atoms with van der Waals surface area (Å²) in [6.07, 6.45) is 1.35. The smallest absolute Gasteiger partial charge is 0.140 e. The van der Waals surface area contributed by atoms with Gasteiger partial charge in [-0.2, -0.15) is 10.4 Å². The van der Waals surface area contributed by atoms with E-state index in [1.165, 1.54) is 24.4 Å². The predicted octanol–water partition coefficient (Wildman–Crippen LogP) is 0.990. The molecular formula is C8H6FN3. The number of benzene rings is 1. The molecule has 0 aliphatic carbocycles. The molecule has 0 heterocycles. The first-order chi connectivity index (χ1) is 5.77. The zero-order valence-electron chi connectivity index (χ0n) is 6.16. The molecule has 0 aliphatic rings. The van der Waals surface area contributed by atoms with E-state index in [-0.39, 0.29) is 5.56 Å². The number of hydrazone groups is 1. The molecule has 0 bridgehead atoms. The summed E-state index contributed by atoms with van der Waals surface area (Å²) in [7, 11) is 0. The summed E-state index contributed by atoms with van der Waals surface area (Å²) >= 11 is 0. The molecule has 3 nitrogen and oxygen atoms in total. The van der Waals surface area contributed by atoms with Crippen molar-refractivity contribution in [3.63, 3.8) is 0 Å². The van der Waals surface area contributed by atoms with Crippen LogP contribution in [0.2, 0.25) is 0 Å². The van der Waals surface area contributed by atoms with Gasteiger partial charge in [0.2, 0.25) is 0 Å². The van der Waals surface area contributed by atoms with Crippen molar-refractivity contribution in [2.45, 2.75) is 0 Å². The van der Waals surface area contributed by atoms with Gasteiger partial charge in [0.1, 0.15) is 11.9 Å². The Balaban J connectivity index is 3.16. The van der Waals surface area contributed by atoms with Gasteiger partial charge in [-0.25, -0.2) is 4.39 Å². The van der Waals surface area contributed by atoms with Crippen LogP contribution in [0.25, 0.3) is 0 Å². The molecule has 1 rings (SSSR count). The molecule has 0 amide bonds. The van der Waals surface area contributed by atoms with Crippen molar-refractivity contribution >= 4 is 6.21 Å². The maximum absolute atomic E-state index is 12.7.